The van der Waals surface area contributed by atoms with Crippen molar-refractivity contribution in [1.29, 1.82) is 0 Å². The summed E-state index contributed by atoms with van der Waals surface area (Å²) in [6, 6.07) is 0.956. The van der Waals surface area contributed by atoms with E-state index in [9.17, 15) is 13.2 Å². The Morgan fingerprint density at radius 1 is 1.54 bits per heavy atom. The molecule has 0 saturated heterocycles. The summed E-state index contributed by atoms with van der Waals surface area (Å²) in [5.74, 6) is -0.855. The van der Waals surface area contributed by atoms with Crippen LogP contribution < -0.4 is 0 Å². The molecule has 0 unspecified atom stereocenters. The summed E-state index contributed by atoms with van der Waals surface area (Å²) in [6.45, 7) is 0. The first-order chi connectivity index (χ1) is 6.06. The number of aromatic nitrogens is 1. The van der Waals surface area contributed by atoms with E-state index in [2.05, 4.69) is 20.9 Å². The Kier molecular flexibility index (Phi) is 3.55. The molecule has 0 N–H and O–H groups in total. The van der Waals surface area contributed by atoms with E-state index in [1.54, 1.807) is 0 Å². The summed E-state index contributed by atoms with van der Waals surface area (Å²) >= 11 is 8.08. The van der Waals surface area contributed by atoms with E-state index in [0.717, 1.165) is 6.07 Å². The van der Waals surface area contributed by atoms with Gasteiger partial charge in [-0.05, 0) is 22.0 Å². The SMILES string of the molecule is Fc1c(CCl)cc(C(F)F)nc1Br. The number of alkyl halides is 3. The summed E-state index contributed by atoms with van der Waals surface area (Å²) in [5.41, 5.74) is -0.470. The molecule has 1 nitrogen and oxygen atoms in total. The molecule has 1 heterocycles. The standard InChI is InChI=1S/C7H4BrClF3N/c8-6-5(10)3(2-9)1-4(13-6)7(11)12/h1,7H,2H2. The Morgan fingerprint density at radius 2 is 2.15 bits per heavy atom. The molecule has 1 aromatic heterocycles. The molecule has 0 spiro atoms. The molecule has 0 bridgehead atoms. The van der Waals surface area contributed by atoms with Gasteiger partial charge in [0.05, 0.1) is 5.88 Å². The fourth-order valence-corrected chi connectivity index (χ4v) is 1.43. The van der Waals surface area contributed by atoms with Gasteiger partial charge in [0.25, 0.3) is 6.43 Å². The minimum atomic E-state index is -2.72. The van der Waals surface area contributed by atoms with Crippen LogP contribution in [-0.4, -0.2) is 4.98 Å². The van der Waals surface area contributed by atoms with E-state index < -0.39 is 17.9 Å². The lowest BCUT2D eigenvalue weighted by Crippen LogP contribution is -1.97. The van der Waals surface area contributed by atoms with Crippen LogP contribution in [0.15, 0.2) is 10.7 Å². The summed E-state index contributed by atoms with van der Waals surface area (Å²) in [6.07, 6.45) is -2.72. The quantitative estimate of drug-likeness (QED) is 0.592. The van der Waals surface area contributed by atoms with E-state index in [1.165, 1.54) is 0 Å². The monoisotopic (exact) mass is 273 g/mol. The van der Waals surface area contributed by atoms with Crippen LogP contribution in [0.25, 0.3) is 0 Å². The van der Waals surface area contributed by atoms with Crippen molar-refractivity contribution in [3.05, 3.63) is 27.7 Å². The molecule has 1 aromatic rings. The minimum Gasteiger partial charge on any atom is -0.237 e. The highest BCUT2D eigenvalue weighted by molar-refractivity contribution is 9.10. The maximum atomic E-state index is 13.0. The Balaban J connectivity index is 3.22. The lowest BCUT2D eigenvalue weighted by atomic mass is 10.2. The van der Waals surface area contributed by atoms with Gasteiger partial charge in [0, 0.05) is 5.56 Å². The fourth-order valence-electron chi connectivity index (χ4n) is 0.778. The number of hydrogen-bond acceptors (Lipinski definition) is 1. The van der Waals surface area contributed by atoms with Crippen molar-refractivity contribution < 1.29 is 13.2 Å². The second kappa shape index (κ2) is 4.28. The Hall–Kier alpha value is -0.290. The van der Waals surface area contributed by atoms with Crippen LogP contribution in [0, 0.1) is 5.82 Å². The third-order valence-electron chi connectivity index (χ3n) is 1.38. The smallest absolute Gasteiger partial charge is 0.237 e. The lowest BCUT2D eigenvalue weighted by molar-refractivity contribution is 0.145. The van der Waals surface area contributed by atoms with E-state index in [0.29, 0.717) is 0 Å². The van der Waals surface area contributed by atoms with Gasteiger partial charge in [-0.3, -0.25) is 0 Å². The highest BCUT2D eigenvalue weighted by Crippen LogP contribution is 2.24. The Bertz CT molecular complexity index is 319. The molecule has 72 valence electrons. The first kappa shape index (κ1) is 10.8. The van der Waals surface area contributed by atoms with E-state index >= 15 is 0 Å². The van der Waals surface area contributed by atoms with Crippen molar-refractivity contribution in [2.45, 2.75) is 12.3 Å². The molecule has 0 aliphatic carbocycles. The number of rotatable bonds is 2. The third kappa shape index (κ3) is 2.34. The highest BCUT2D eigenvalue weighted by atomic mass is 79.9. The van der Waals surface area contributed by atoms with Crippen molar-refractivity contribution in [3.8, 4) is 0 Å². The van der Waals surface area contributed by atoms with Gasteiger partial charge in [-0.15, -0.1) is 11.6 Å². The predicted octanol–water partition coefficient (Wildman–Crippen LogP) is 3.66. The molecule has 13 heavy (non-hydrogen) atoms. The maximum absolute atomic E-state index is 13.0. The molecule has 0 saturated carbocycles. The number of hydrogen-bond donors (Lipinski definition) is 0. The average molecular weight is 274 g/mol. The normalized spacial score (nSPS) is 10.9. The van der Waals surface area contributed by atoms with E-state index in [1.807, 2.05) is 0 Å². The van der Waals surface area contributed by atoms with Crippen molar-refractivity contribution >= 4 is 27.5 Å². The summed E-state index contributed by atoms with van der Waals surface area (Å²) in [5, 5.41) is 0. The van der Waals surface area contributed by atoms with Crippen LogP contribution in [0.3, 0.4) is 0 Å². The second-order valence-corrected chi connectivity index (χ2v) is 3.26. The van der Waals surface area contributed by atoms with Crippen LogP contribution >= 0.6 is 27.5 Å². The zero-order valence-corrected chi connectivity index (χ0v) is 8.54. The molecular weight excluding hydrogens is 270 g/mol. The average Bonchev–Trinajstić information content (AvgIpc) is 2.09. The molecule has 0 fully saturated rings. The lowest BCUT2D eigenvalue weighted by Gasteiger charge is -2.04. The Labute approximate surface area is 86.0 Å². The van der Waals surface area contributed by atoms with Gasteiger partial charge < -0.3 is 0 Å². The first-order valence-electron chi connectivity index (χ1n) is 3.25. The van der Waals surface area contributed by atoms with Crippen LogP contribution in [-0.2, 0) is 5.88 Å². The Morgan fingerprint density at radius 3 is 2.62 bits per heavy atom. The van der Waals surface area contributed by atoms with Gasteiger partial charge in [-0.25, -0.2) is 18.2 Å². The highest BCUT2D eigenvalue weighted by Gasteiger charge is 2.15. The zero-order chi connectivity index (χ0) is 10.0. The van der Waals surface area contributed by atoms with Gasteiger partial charge in [-0.1, -0.05) is 0 Å². The molecule has 0 amide bonds. The summed E-state index contributed by atoms with van der Waals surface area (Å²) < 4.78 is 37.1. The van der Waals surface area contributed by atoms with Crippen LogP contribution in [0.4, 0.5) is 13.2 Å². The second-order valence-electron chi connectivity index (χ2n) is 2.25. The summed E-state index contributed by atoms with van der Waals surface area (Å²) in [4.78, 5) is 3.31. The third-order valence-corrected chi connectivity index (χ3v) is 2.19. The van der Waals surface area contributed by atoms with Gasteiger partial charge in [0.15, 0.2) is 5.82 Å². The van der Waals surface area contributed by atoms with Gasteiger partial charge in [0.2, 0.25) is 0 Å². The molecule has 6 heteroatoms. The van der Waals surface area contributed by atoms with Gasteiger partial charge in [0.1, 0.15) is 10.3 Å². The maximum Gasteiger partial charge on any atom is 0.280 e. The van der Waals surface area contributed by atoms with Gasteiger partial charge >= 0.3 is 0 Å². The first-order valence-corrected chi connectivity index (χ1v) is 4.58. The molecule has 0 aliphatic heterocycles. The van der Waals surface area contributed by atoms with Crippen molar-refractivity contribution in [1.82, 2.24) is 4.98 Å². The number of nitrogens with zero attached hydrogens (tertiary/aromatic N) is 1. The molecule has 0 radical (unpaired) electrons. The molecule has 1 rings (SSSR count). The molecule has 0 aliphatic rings. The van der Waals surface area contributed by atoms with Gasteiger partial charge in [-0.2, -0.15) is 0 Å². The van der Waals surface area contributed by atoms with E-state index in [4.69, 9.17) is 11.6 Å². The summed E-state index contributed by atoms with van der Waals surface area (Å²) in [7, 11) is 0. The number of halogens is 5. The van der Waals surface area contributed by atoms with Crippen molar-refractivity contribution in [3.63, 3.8) is 0 Å². The van der Waals surface area contributed by atoms with Crippen molar-refractivity contribution in [2.24, 2.45) is 0 Å². The zero-order valence-electron chi connectivity index (χ0n) is 6.20. The van der Waals surface area contributed by atoms with Crippen LogP contribution in [0.1, 0.15) is 17.7 Å². The fraction of sp³-hybridized carbons (Fsp3) is 0.286. The molecule has 0 aromatic carbocycles. The van der Waals surface area contributed by atoms with Crippen molar-refractivity contribution in [2.75, 3.05) is 0 Å². The van der Waals surface area contributed by atoms with Crippen LogP contribution in [0.2, 0.25) is 0 Å². The van der Waals surface area contributed by atoms with Crippen LogP contribution in [0.5, 0.6) is 0 Å². The topological polar surface area (TPSA) is 12.9 Å². The predicted molar refractivity (Wildman–Crippen MR) is 46.4 cm³/mol. The number of pyridine rings is 1. The minimum absolute atomic E-state index is 0.0128. The largest absolute Gasteiger partial charge is 0.280 e. The molecule has 0 atom stereocenters. The van der Waals surface area contributed by atoms with E-state index in [-0.39, 0.29) is 16.0 Å². The molecular formula is C7H4BrClF3N.